The molecule has 2 aromatic carbocycles. The lowest BCUT2D eigenvalue weighted by atomic mass is 10.1. The normalized spacial score (nSPS) is 10.4. The van der Waals surface area contributed by atoms with Gasteiger partial charge >= 0.3 is 11.7 Å². The van der Waals surface area contributed by atoms with Gasteiger partial charge in [0.25, 0.3) is 5.91 Å². The fraction of sp³-hybridized carbons (Fsp3) is 0.364. The Hall–Kier alpha value is -3.62. The van der Waals surface area contributed by atoms with Crippen molar-refractivity contribution in [1.29, 1.82) is 0 Å². The summed E-state index contributed by atoms with van der Waals surface area (Å²) in [5, 5.41) is 19.8. The predicted octanol–water partition coefficient (Wildman–Crippen LogP) is 4.21. The number of unbranched alkanes of at least 4 members (excludes halogenated alkanes) is 2. The van der Waals surface area contributed by atoms with Gasteiger partial charge in [0, 0.05) is 31.2 Å². The zero-order valence-corrected chi connectivity index (χ0v) is 17.8. The maximum absolute atomic E-state index is 13.0. The summed E-state index contributed by atoms with van der Waals surface area (Å²) < 4.78 is 10.9. The molecule has 31 heavy (non-hydrogen) atoms. The van der Waals surface area contributed by atoms with Crippen molar-refractivity contribution < 1.29 is 29.1 Å². The van der Waals surface area contributed by atoms with Crippen LogP contribution >= 0.6 is 0 Å². The number of methoxy groups -OCH3 is 1. The standard InChI is InChI=1S/C22H26N2O7/c1-15-8-10-17(20(13-15)31-12-6-4-5-7-21(25)26)23(2)22(27)16-9-11-18(24(28)29)19(14-16)30-3/h8-11,13-14H,4-7,12H2,1-3H3,(H,25,26). The molecule has 0 atom stereocenters. The number of amides is 1. The first kappa shape index (κ1) is 23.7. The van der Waals surface area contributed by atoms with Crippen molar-refractivity contribution in [2.24, 2.45) is 0 Å². The number of nitro groups is 1. The van der Waals surface area contributed by atoms with Crippen LogP contribution in [0.2, 0.25) is 0 Å². The van der Waals surface area contributed by atoms with Crippen molar-refractivity contribution in [3.8, 4) is 11.5 Å². The lowest BCUT2D eigenvalue weighted by Gasteiger charge is -2.21. The molecule has 0 heterocycles. The van der Waals surface area contributed by atoms with E-state index in [-0.39, 0.29) is 29.3 Å². The molecule has 9 heteroatoms. The van der Waals surface area contributed by atoms with Gasteiger partial charge in [0.05, 0.1) is 24.3 Å². The van der Waals surface area contributed by atoms with Crippen LogP contribution in [0.25, 0.3) is 0 Å². The Balaban J connectivity index is 2.15. The first-order valence-corrected chi connectivity index (χ1v) is 9.80. The monoisotopic (exact) mass is 430 g/mol. The molecule has 0 aromatic heterocycles. The third-order valence-corrected chi connectivity index (χ3v) is 4.70. The van der Waals surface area contributed by atoms with Gasteiger partial charge in [-0.05, 0) is 49.9 Å². The fourth-order valence-corrected chi connectivity index (χ4v) is 3.02. The van der Waals surface area contributed by atoms with Gasteiger partial charge < -0.3 is 19.5 Å². The second-order valence-corrected chi connectivity index (χ2v) is 7.03. The van der Waals surface area contributed by atoms with Crippen molar-refractivity contribution in [3.05, 3.63) is 57.6 Å². The van der Waals surface area contributed by atoms with Crippen molar-refractivity contribution >= 4 is 23.3 Å². The Bertz CT molecular complexity index is 959. The summed E-state index contributed by atoms with van der Waals surface area (Å²) >= 11 is 0. The van der Waals surface area contributed by atoms with Crippen molar-refractivity contribution in [3.63, 3.8) is 0 Å². The number of rotatable bonds is 11. The number of aliphatic carboxylic acids is 1. The van der Waals surface area contributed by atoms with Crippen molar-refractivity contribution in [2.45, 2.75) is 32.6 Å². The van der Waals surface area contributed by atoms with Crippen LogP contribution in [0.1, 0.15) is 41.6 Å². The molecule has 0 saturated carbocycles. The molecule has 0 bridgehead atoms. The van der Waals surface area contributed by atoms with Gasteiger partial charge in [-0.25, -0.2) is 0 Å². The minimum atomic E-state index is -0.815. The van der Waals surface area contributed by atoms with Crippen LogP contribution in [0.4, 0.5) is 11.4 Å². The molecule has 0 fully saturated rings. The van der Waals surface area contributed by atoms with Gasteiger partial charge in [-0.15, -0.1) is 0 Å². The fourth-order valence-electron chi connectivity index (χ4n) is 3.02. The molecule has 1 N–H and O–H groups in total. The third-order valence-electron chi connectivity index (χ3n) is 4.70. The molecule has 166 valence electrons. The number of nitrogens with zero attached hydrogens (tertiary/aromatic N) is 2. The number of carbonyl (C=O) groups excluding carboxylic acids is 1. The van der Waals surface area contributed by atoms with Crippen LogP contribution in [-0.4, -0.2) is 42.7 Å². The number of ether oxygens (including phenoxy) is 2. The SMILES string of the molecule is COc1cc(C(=O)N(C)c2ccc(C)cc2OCCCCCC(=O)O)ccc1[N+](=O)[O-]. The highest BCUT2D eigenvalue weighted by molar-refractivity contribution is 6.07. The molecular weight excluding hydrogens is 404 g/mol. The summed E-state index contributed by atoms with van der Waals surface area (Å²) in [5.41, 5.74) is 1.54. The molecule has 0 radical (unpaired) electrons. The van der Waals surface area contributed by atoms with Gasteiger partial charge in [0.2, 0.25) is 0 Å². The van der Waals surface area contributed by atoms with Gasteiger partial charge in [-0.1, -0.05) is 6.07 Å². The van der Waals surface area contributed by atoms with E-state index in [0.29, 0.717) is 30.9 Å². The van der Waals surface area contributed by atoms with E-state index in [2.05, 4.69) is 0 Å². The van der Waals surface area contributed by atoms with Crippen LogP contribution < -0.4 is 14.4 Å². The summed E-state index contributed by atoms with van der Waals surface area (Å²) in [4.78, 5) is 35.5. The highest BCUT2D eigenvalue weighted by Crippen LogP contribution is 2.32. The maximum atomic E-state index is 13.0. The average molecular weight is 430 g/mol. The molecule has 0 unspecified atom stereocenters. The predicted molar refractivity (Wildman–Crippen MR) is 115 cm³/mol. The lowest BCUT2D eigenvalue weighted by Crippen LogP contribution is -2.27. The molecule has 0 aliphatic heterocycles. The lowest BCUT2D eigenvalue weighted by molar-refractivity contribution is -0.385. The number of carbonyl (C=O) groups is 2. The smallest absolute Gasteiger partial charge is 0.310 e. The minimum Gasteiger partial charge on any atom is -0.491 e. The summed E-state index contributed by atoms with van der Waals surface area (Å²) in [7, 11) is 2.91. The van der Waals surface area contributed by atoms with Crippen LogP contribution in [0.5, 0.6) is 11.5 Å². The molecule has 0 aliphatic carbocycles. The number of carboxylic acids is 1. The van der Waals surface area contributed by atoms with Gasteiger partial charge in [0.1, 0.15) is 5.75 Å². The molecule has 2 aromatic rings. The Kier molecular flexibility index (Phi) is 8.36. The molecule has 0 aliphatic rings. The summed E-state index contributed by atoms with van der Waals surface area (Å²) in [6.45, 7) is 2.30. The average Bonchev–Trinajstić information content (AvgIpc) is 2.74. The topological polar surface area (TPSA) is 119 Å². The Morgan fingerprint density at radius 1 is 1.10 bits per heavy atom. The largest absolute Gasteiger partial charge is 0.491 e. The number of carboxylic acid groups (broad SMARTS) is 1. The molecule has 9 nitrogen and oxygen atoms in total. The highest BCUT2D eigenvalue weighted by atomic mass is 16.6. The molecule has 0 saturated heterocycles. The van der Waals surface area contributed by atoms with E-state index < -0.39 is 10.9 Å². The summed E-state index contributed by atoms with van der Waals surface area (Å²) in [6, 6.07) is 9.42. The van der Waals surface area contributed by atoms with Crippen LogP contribution in [0.3, 0.4) is 0 Å². The van der Waals surface area contributed by atoms with E-state index in [4.69, 9.17) is 14.6 Å². The molecule has 2 rings (SSSR count). The van der Waals surface area contributed by atoms with Crippen LogP contribution in [-0.2, 0) is 4.79 Å². The van der Waals surface area contributed by atoms with Crippen molar-refractivity contribution in [1.82, 2.24) is 0 Å². The quantitative estimate of drug-likeness (QED) is 0.322. The Labute approximate surface area is 180 Å². The second-order valence-electron chi connectivity index (χ2n) is 7.03. The number of anilines is 1. The molecule has 0 spiro atoms. The first-order valence-electron chi connectivity index (χ1n) is 9.80. The summed E-state index contributed by atoms with van der Waals surface area (Å²) in [5.74, 6) is -0.651. The van der Waals surface area contributed by atoms with E-state index >= 15 is 0 Å². The summed E-state index contributed by atoms with van der Waals surface area (Å²) in [6.07, 6.45) is 2.13. The second kappa shape index (κ2) is 11.0. The first-order chi connectivity index (χ1) is 14.7. The minimum absolute atomic E-state index is 0.00555. The van der Waals surface area contributed by atoms with E-state index in [1.54, 1.807) is 13.1 Å². The highest BCUT2D eigenvalue weighted by Gasteiger charge is 2.22. The Morgan fingerprint density at radius 2 is 1.84 bits per heavy atom. The van der Waals surface area contributed by atoms with Gasteiger partial charge in [0.15, 0.2) is 5.75 Å². The number of benzene rings is 2. The van der Waals surface area contributed by atoms with E-state index in [9.17, 15) is 19.7 Å². The zero-order valence-electron chi connectivity index (χ0n) is 17.8. The zero-order chi connectivity index (χ0) is 23.0. The number of nitro benzene ring substituents is 1. The van der Waals surface area contributed by atoms with Crippen LogP contribution in [0, 0.1) is 17.0 Å². The van der Waals surface area contributed by atoms with Crippen LogP contribution in [0.15, 0.2) is 36.4 Å². The van der Waals surface area contributed by atoms with E-state index in [1.807, 2.05) is 19.1 Å². The van der Waals surface area contributed by atoms with Gasteiger partial charge in [-0.3, -0.25) is 19.7 Å². The number of hydrogen-bond donors (Lipinski definition) is 1. The maximum Gasteiger partial charge on any atom is 0.310 e. The van der Waals surface area contributed by atoms with Crippen molar-refractivity contribution in [2.75, 3.05) is 25.7 Å². The molecular formula is C22H26N2O7. The number of aryl methyl sites for hydroxylation is 1. The van der Waals surface area contributed by atoms with Gasteiger partial charge in [-0.2, -0.15) is 0 Å². The van der Waals surface area contributed by atoms with E-state index in [0.717, 1.165) is 12.0 Å². The Morgan fingerprint density at radius 3 is 2.48 bits per heavy atom. The number of hydrogen-bond acceptors (Lipinski definition) is 6. The molecule has 1 amide bonds. The van der Waals surface area contributed by atoms with E-state index in [1.165, 1.54) is 30.2 Å². The third kappa shape index (κ3) is 6.43.